The predicted molar refractivity (Wildman–Crippen MR) is 67.8 cm³/mol. The van der Waals surface area contributed by atoms with Crippen LogP contribution in [0.15, 0.2) is 52.3 Å². The van der Waals surface area contributed by atoms with E-state index in [0.717, 1.165) is 9.79 Å². The third-order valence-electron chi connectivity index (χ3n) is 2.26. The van der Waals surface area contributed by atoms with Gasteiger partial charge in [0, 0.05) is 9.79 Å². The highest BCUT2D eigenvalue weighted by Gasteiger charge is 2.01. The summed E-state index contributed by atoms with van der Waals surface area (Å²) in [6.45, 7) is 2.06. The van der Waals surface area contributed by atoms with Crippen LogP contribution in [0, 0.1) is 6.92 Å². The van der Waals surface area contributed by atoms with E-state index in [-0.39, 0.29) is 5.75 Å². The Morgan fingerprint density at radius 2 is 1.62 bits per heavy atom. The number of aromatic hydroxyl groups is 1. The van der Waals surface area contributed by atoms with Crippen LogP contribution in [0.1, 0.15) is 5.56 Å². The third-order valence-corrected chi connectivity index (χ3v) is 3.25. The van der Waals surface area contributed by atoms with Crippen molar-refractivity contribution in [1.82, 2.24) is 0 Å². The first-order chi connectivity index (χ1) is 7.65. The van der Waals surface area contributed by atoms with Crippen molar-refractivity contribution in [2.45, 2.75) is 16.7 Å². The molecule has 2 rings (SSSR count). The van der Waals surface area contributed by atoms with E-state index in [9.17, 15) is 5.11 Å². The van der Waals surface area contributed by atoms with Gasteiger partial charge in [0.2, 0.25) is 0 Å². The summed E-state index contributed by atoms with van der Waals surface area (Å²) in [6, 6.07) is 13.5. The Kier molecular flexibility index (Phi) is 3.06. The molecule has 0 heterocycles. The summed E-state index contributed by atoms with van der Waals surface area (Å²) >= 11 is 1.63. The molecule has 0 spiro atoms. The fourth-order valence-corrected chi connectivity index (χ4v) is 2.20. The first kappa shape index (κ1) is 10.9. The zero-order chi connectivity index (χ0) is 11.5. The van der Waals surface area contributed by atoms with Gasteiger partial charge < -0.3 is 10.8 Å². The maximum absolute atomic E-state index is 9.31. The molecule has 0 aliphatic carbocycles. The summed E-state index contributed by atoms with van der Waals surface area (Å²) in [5.41, 5.74) is 7.29. The maximum Gasteiger partial charge on any atom is 0.138 e. The van der Waals surface area contributed by atoms with Gasteiger partial charge in [0.05, 0.1) is 5.69 Å². The van der Waals surface area contributed by atoms with Crippen LogP contribution in [0.4, 0.5) is 5.69 Å². The molecular weight excluding hydrogens is 218 g/mol. The van der Waals surface area contributed by atoms with Crippen LogP contribution in [-0.4, -0.2) is 5.11 Å². The normalized spacial score (nSPS) is 10.3. The van der Waals surface area contributed by atoms with E-state index in [1.54, 1.807) is 23.9 Å². The predicted octanol–water partition coefficient (Wildman–Crippen LogP) is 3.43. The summed E-state index contributed by atoms with van der Waals surface area (Å²) < 4.78 is 0. The number of phenolic OH excluding ortho intramolecular Hbond substituents is 1. The lowest BCUT2D eigenvalue weighted by Gasteiger charge is -2.04. The standard InChI is InChI=1S/C13H13NOS/c1-9-2-4-10(5-3-9)16-11-6-7-13(15)12(14)8-11/h2-8,15H,14H2,1H3. The number of anilines is 1. The summed E-state index contributed by atoms with van der Waals surface area (Å²) in [5, 5.41) is 9.31. The Labute approximate surface area is 99.1 Å². The maximum atomic E-state index is 9.31. The summed E-state index contributed by atoms with van der Waals surface area (Å²) in [6.07, 6.45) is 0. The zero-order valence-electron chi connectivity index (χ0n) is 8.97. The smallest absolute Gasteiger partial charge is 0.138 e. The molecule has 0 unspecified atom stereocenters. The molecular formula is C13H13NOS. The molecule has 0 aliphatic rings. The SMILES string of the molecule is Cc1ccc(Sc2ccc(O)c(N)c2)cc1. The Balaban J connectivity index is 2.20. The Hall–Kier alpha value is -1.61. The number of aryl methyl sites for hydroxylation is 1. The number of rotatable bonds is 2. The van der Waals surface area contributed by atoms with E-state index >= 15 is 0 Å². The second kappa shape index (κ2) is 4.49. The summed E-state index contributed by atoms with van der Waals surface area (Å²) in [4.78, 5) is 2.19. The molecule has 0 saturated carbocycles. The lowest BCUT2D eigenvalue weighted by atomic mass is 10.2. The van der Waals surface area contributed by atoms with E-state index in [1.165, 1.54) is 5.56 Å². The van der Waals surface area contributed by atoms with Gasteiger partial charge >= 0.3 is 0 Å². The number of phenols is 1. The molecule has 0 amide bonds. The van der Waals surface area contributed by atoms with Gasteiger partial charge in [-0.2, -0.15) is 0 Å². The quantitative estimate of drug-likeness (QED) is 0.615. The van der Waals surface area contributed by atoms with Crippen LogP contribution in [0.2, 0.25) is 0 Å². The molecule has 0 aliphatic heterocycles. The van der Waals surface area contributed by atoms with Gasteiger partial charge in [0.25, 0.3) is 0 Å². The minimum absolute atomic E-state index is 0.133. The van der Waals surface area contributed by atoms with Crippen LogP contribution in [0.25, 0.3) is 0 Å². The van der Waals surface area contributed by atoms with Gasteiger partial charge in [0.15, 0.2) is 0 Å². The van der Waals surface area contributed by atoms with Crippen molar-refractivity contribution in [3.63, 3.8) is 0 Å². The van der Waals surface area contributed by atoms with Crippen LogP contribution in [-0.2, 0) is 0 Å². The van der Waals surface area contributed by atoms with E-state index in [2.05, 4.69) is 31.2 Å². The molecule has 16 heavy (non-hydrogen) atoms. The highest BCUT2D eigenvalue weighted by atomic mass is 32.2. The fourth-order valence-electron chi connectivity index (χ4n) is 1.34. The molecule has 0 atom stereocenters. The number of benzene rings is 2. The lowest BCUT2D eigenvalue weighted by molar-refractivity contribution is 0.477. The summed E-state index contributed by atoms with van der Waals surface area (Å²) in [5.74, 6) is 0.133. The number of nitrogens with two attached hydrogens (primary N) is 1. The van der Waals surface area contributed by atoms with Gasteiger partial charge in [-0.3, -0.25) is 0 Å². The molecule has 2 aromatic carbocycles. The minimum Gasteiger partial charge on any atom is -0.506 e. The molecule has 2 nitrogen and oxygen atoms in total. The Bertz CT molecular complexity index is 494. The molecule has 3 N–H and O–H groups in total. The third kappa shape index (κ3) is 2.49. The second-order valence-corrected chi connectivity index (χ2v) is 4.78. The van der Waals surface area contributed by atoms with Gasteiger partial charge in [-0.25, -0.2) is 0 Å². The average Bonchev–Trinajstić information content (AvgIpc) is 2.27. The van der Waals surface area contributed by atoms with Crippen LogP contribution in [0.5, 0.6) is 5.75 Å². The van der Waals surface area contributed by atoms with Crippen molar-refractivity contribution in [2.24, 2.45) is 0 Å². The molecule has 0 bridgehead atoms. The van der Waals surface area contributed by atoms with Crippen molar-refractivity contribution in [3.05, 3.63) is 48.0 Å². The minimum atomic E-state index is 0.133. The van der Waals surface area contributed by atoms with E-state index in [0.29, 0.717) is 5.69 Å². The van der Waals surface area contributed by atoms with Crippen molar-refractivity contribution in [3.8, 4) is 5.75 Å². The highest BCUT2D eigenvalue weighted by Crippen LogP contribution is 2.31. The highest BCUT2D eigenvalue weighted by molar-refractivity contribution is 7.99. The van der Waals surface area contributed by atoms with Crippen molar-refractivity contribution in [2.75, 3.05) is 5.73 Å². The monoisotopic (exact) mass is 231 g/mol. The first-order valence-electron chi connectivity index (χ1n) is 4.98. The largest absolute Gasteiger partial charge is 0.506 e. The van der Waals surface area contributed by atoms with Gasteiger partial charge in [-0.1, -0.05) is 29.5 Å². The van der Waals surface area contributed by atoms with Crippen LogP contribution < -0.4 is 5.73 Å². The molecule has 0 fully saturated rings. The lowest BCUT2D eigenvalue weighted by Crippen LogP contribution is -1.85. The van der Waals surface area contributed by atoms with E-state index in [1.807, 2.05) is 6.07 Å². The second-order valence-electron chi connectivity index (χ2n) is 3.64. The van der Waals surface area contributed by atoms with Gasteiger partial charge in [-0.05, 0) is 37.3 Å². The zero-order valence-corrected chi connectivity index (χ0v) is 9.79. The van der Waals surface area contributed by atoms with Crippen LogP contribution >= 0.6 is 11.8 Å². The fraction of sp³-hybridized carbons (Fsp3) is 0.0769. The molecule has 2 aromatic rings. The topological polar surface area (TPSA) is 46.2 Å². The molecule has 3 heteroatoms. The molecule has 0 radical (unpaired) electrons. The van der Waals surface area contributed by atoms with E-state index in [4.69, 9.17) is 5.73 Å². The average molecular weight is 231 g/mol. The molecule has 82 valence electrons. The molecule has 0 saturated heterocycles. The van der Waals surface area contributed by atoms with Crippen molar-refractivity contribution >= 4 is 17.4 Å². The van der Waals surface area contributed by atoms with Gasteiger partial charge in [-0.15, -0.1) is 0 Å². The first-order valence-corrected chi connectivity index (χ1v) is 5.80. The molecule has 0 aromatic heterocycles. The number of nitrogen functional groups attached to an aromatic ring is 1. The number of hydrogen-bond acceptors (Lipinski definition) is 3. The van der Waals surface area contributed by atoms with Crippen LogP contribution in [0.3, 0.4) is 0 Å². The Morgan fingerprint density at radius 3 is 2.25 bits per heavy atom. The van der Waals surface area contributed by atoms with Crippen molar-refractivity contribution in [1.29, 1.82) is 0 Å². The summed E-state index contributed by atoms with van der Waals surface area (Å²) in [7, 11) is 0. The Morgan fingerprint density at radius 1 is 1.00 bits per heavy atom. The van der Waals surface area contributed by atoms with Gasteiger partial charge in [0.1, 0.15) is 5.75 Å². The van der Waals surface area contributed by atoms with Crippen molar-refractivity contribution < 1.29 is 5.11 Å². The number of hydrogen-bond donors (Lipinski definition) is 2. The van der Waals surface area contributed by atoms with E-state index < -0.39 is 0 Å².